The first kappa shape index (κ1) is 25.4. The van der Waals surface area contributed by atoms with Gasteiger partial charge in [0.05, 0.1) is 22.2 Å². The third-order valence-corrected chi connectivity index (χ3v) is 12.4. The first-order valence-electron chi connectivity index (χ1n) is 17.2. The SMILES string of the molecule is C[C@H]1CC2C[C@H]3CC(c4nc(-n5c6ccc7ccccc7c6c6c7ccccc7ccc65)nc5ccc6ccccc6c45)(CC23)C1. The van der Waals surface area contributed by atoms with Crippen LogP contribution in [-0.4, -0.2) is 14.5 Å². The summed E-state index contributed by atoms with van der Waals surface area (Å²) in [6.45, 7) is 2.50. The Labute approximate surface area is 267 Å². The minimum atomic E-state index is 0.0955. The van der Waals surface area contributed by atoms with Crippen LogP contribution in [0, 0.1) is 23.7 Å². The van der Waals surface area contributed by atoms with Crippen LogP contribution in [-0.2, 0) is 5.41 Å². The van der Waals surface area contributed by atoms with Crippen LogP contribution in [0.2, 0.25) is 0 Å². The fourth-order valence-electron chi connectivity index (χ4n) is 10.7. The van der Waals surface area contributed by atoms with E-state index in [-0.39, 0.29) is 5.41 Å². The lowest BCUT2D eigenvalue weighted by Crippen LogP contribution is -2.34. The second-order valence-corrected chi connectivity index (χ2v) is 14.9. The fraction of sp³-hybridized carbons (Fsp3) is 0.256. The summed E-state index contributed by atoms with van der Waals surface area (Å²) in [6.07, 6.45) is 6.58. The minimum Gasteiger partial charge on any atom is -0.278 e. The van der Waals surface area contributed by atoms with E-state index in [1.54, 1.807) is 0 Å². The van der Waals surface area contributed by atoms with E-state index in [0.29, 0.717) is 5.92 Å². The Morgan fingerprint density at radius 1 is 0.565 bits per heavy atom. The molecule has 11 rings (SSSR count). The molecule has 0 spiro atoms. The molecule has 8 aromatic rings. The number of benzene rings is 6. The molecule has 3 aliphatic rings. The Morgan fingerprint density at radius 2 is 1.15 bits per heavy atom. The lowest BCUT2D eigenvalue weighted by molar-refractivity contribution is 0.0779. The Balaban J connectivity index is 1.29. The predicted octanol–water partition coefficient (Wildman–Crippen LogP) is 10.9. The lowest BCUT2D eigenvalue weighted by Gasteiger charge is -2.42. The summed E-state index contributed by atoms with van der Waals surface area (Å²) in [5.74, 6) is 4.15. The molecule has 222 valence electrons. The summed E-state index contributed by atoms with van der Waals surface area (Å²) in [6, 6.07) is 40.2. The van der Waals surface area contributed by atoms with Crippen LogP contribution in [0.4, 0.5) is 0 Å². The highest BCUT2D eigenvalue weighted by atomic mass is 15.2. The standard InChI is InChI=1S/C43H35N3/c1-25-20-29-21-30-23-43(22-25,24-34(29)30)41-38-31-11-5-2-8-26(31)14-17-35(38)44-42(45-41)46-36-18-15-27-9-3-6-12-32(27)39(36)40-33-13-7-4-10-28(33)16-19-37(40)46/h2-19,25,29-30,34H,20-24H2,1H3/t25-,29?,30-,34?,43?/m0/s1. The van der Waals surface area contributed by atoms with E-state index in [9.17, 15) is 0 Å². The van der Waals surface area contributed by atoms with E-state index in [1.807, 2.05) is 0 Å². The molecular formula is C43H35N3. The third-order valence-electron chi connectivity index (χ3n) is 12.4. The average molecular weight is 594 g/mol. The van der Waals surface area contributed by atoms with Gasteiger partial charge in [0.1, 0.15) is 0 Å². The lowest BCUT2D eigenvalue weighted by atomic mass is 9.63. The molecular weight excluding hydrogens is 558 g/mol. The van der Waals surface area contributed by atoms with E-state index >= 15 is 0 Å². The van der Waals surface area contributed by atoms with Crippen molar-refractivity contribution in [2.75, 3.05) is 0 Å². The summed E-state index contributed by atoms with van der Waals surface area (Å²) in [4.78, 5) is 11.3. The van der Waals surface area contributed by atoms with Crippen molar-refractivity contribution in [3.05, 3.63) is 115 Å². The van der Waals surface area contributed by atoms with Gasteiger partial charge in [-0.3, -0.25) is 4.57 Å². The van der Waals surface area contributed by atoms with Crippen molar-refractivity contribution >= 4 is 65.0 Å². The van der Waals surface area contributed by atoms with Gasteiger partial charge in [0, 0.05) is 21.6 Å². The quantitative estimate of drug-likeness (QED) is 0.187. The van der Waals surface area contributed by atoms with Crippen LogP contribution >= 0.6 is 0 Å². The van der Waals surface area contributed by atoms with Gasteiger partial charge in [0.2, 0.25) is 5.95 Å². The molecule has 5 atom stereocenters. The second kappa shape index (κ2) is 8.94. The van der Waals surface area contributed by atoms with Crippen LogP contribution < -0.4 is 0 Å². The number of nitrogens with zero attached hydrogens (tertiary/aromatic N) is 3. The zero-order valence-corrected chi connectivity index (χ0v) is 26.1. The van der Waals surface area contributed by atoms with Crippen LogP contribution in [0.5, 0.6) is 0 Å². The van der Waals surface area contributed by atoms with Crippen LogP contribution in [0.1, 0.15) is 44.7 Å². The van der Waals surface area contributed by atoms with E-state index in [4.69, 9.17) is 9.97 Å². The number of rotatable bonds is 2. The highest BCUT2D eigenvalue weighted by Gasteiger charge is 2.58. The van der Waals surface area contributed by atoms with Crippen molar-refractivity contribution in [2.24, 2.45) is 23.7 Å². The molecule has 2 bridgehead atoms. The highest BCUT2D eigenvalue weighted by molar-refractivity contribution is 6.28. The van der Waals surface area contributed by atoms with Crippen molar-refractivity contribution in [3.63, 3.8) is 0 Å². The van der Waals surface area contributed by atoms with E-state index in [1.165, 1.54) is 97.3 Å². The molecule has 0 aliphatic heterocycles. The van der Waals surface area contributed by atoms with Gasteiger partial charge in [0.15, 0.2) is 0 Å². The topological polar surface area (TPSA) is 30.7 Å². The summed E-state index contributed by atoms with van der Waals surface area (Å²) < 4.78 is 2.38. The minimum absolute atomic E-state index is 0.0955. The summed E-state index contributed by atoms with van der Waals surface area (Å²) >= 11 is 0. The molecule has 0 radical (unpaired) electrons. The van der Waals surface area contributed by atoms with Crippen LogP contribution in [0.15, 0.2) is 109 Å². The van der Waals surface area contributed by atoms with Crippen molar-refractivity contribution in [2.45, 2.75) is 44.4 Å². The molecule has 3 saturated carbocycles. The van der Waals surface area contributed by atoms with E-state index < -0.39 is 0 Å². The maximum atomic E-state index is 5.83. The molecule has 46 heavy (non-hydrogen) atoms. The molecule has 3 nitrogen and oxygen atoms in total. The predicted molar refractivity (Wildman–Crippen MR) is 191 cm³/mol. The number of hydrogen-bond donors (Lipinski definition) is 0. The number of fused-ring (bicyclic) bond motifs is 11. The van der Waals surface area contributed by atoms with Crippen molar-refractivity contribution in [1.82, 2.24) is 14.5 Å². The van der Waals surface area contributed by atoms with E-state index in [2.05, 4.69) is 121 Å². The van der Waals surface area contributed by atoms with Gasteiger partial charge < -0.3 is 0 Å². The maximum Gasteiger partial charge on any atom is 0.235 e. The van der Waals surface area contributed by atoms with Gasteiger partial charge in [-0.05, 0) is 106 Å². The molecule has 3 aliphatic carbocycles. The van der Waals surface area contributed by atoms with Gasteiger partial charge in [-0.25, -0.2) is 9.97 Å². The fourth-order valence-corrected chi connectivity index (χ4v) is 10.7. The van der Waals surface area contributed by atoms with Crippen LogP contribution in [0.3, 0.4) is 0 Å². The molecule has 0 amide bonds. The smallest absolute Gasteiger partial charge is 0.235 e. The first-order chi connectivity index (χ1) is 22.6. The molecule has 0 saturated heterocycles. The van der Waals surface area contributed by atoms with Crippen molar-refractivity contribution in [1.29, 1.82) is 0 Å². The van der Waals surface area contributed by atoms with E-state index in [0.717, 1.165) is 29.2 Å². The number of hydrogen-bond acceptors (Lipinski definition) is 2. The molecule has 6 aromatic carbocycles. The summed E-state index contributed by atoms with van der Waals surface area (Å²) in [5.41, 5.74) is 4.82. The Hall–Kier alpha value is -4.76. The molecule has 3 unspecified atom stereocenters. The number of aromatic nitrogens is 3. The Morgan fingerprint density at radius 3 is 1.80 bits per heavy atom. The van der Waals surface area contributed by atoms with Gasteiger partial charge in [-0.1, -0.05) is 97.9 Å². The zero-order chi connectivity index (χ0) is 30.1. The second-order valence-electron chi connectivity index (χ2n) is 14.9. The van der Waals surface area contributed by atoms with Crippen LogP contribution in [0.25, 0.3) is 71.0 Å². The monoisotopic (exact) mass is 593 g/mol. The maximum absolute atomic E-state index is 5.83. The normalized spacial score (nSPS) is 25.6. The highest BCUT2D eigenvalue weighted by Crippen LogP contribution is 2.65. The molecule has 3 heteroatoms. The van der Waals surface area contributed by atoms with Crippen molar-refractivity contribution < 1.29 is 0 Å². The van der Waals surface area contributed by atoms with Gasteiger partial charge in [-0.15, -0.1) is 0 Å². The van der Waals surface area contributed by atoms with Gasteiger partial charge in [0.25, 0.3) is 0 Å². The molecule has 2 aromatic heterocycles. The Bertz CT molecular complexity index is 2480. The van der Waals surface area contributed by atoms with Gasteiger partial charge >= 0.3 is 0 Å². The Kier molecular flexibility index (Phi) is 4.94. The molecule has 3 fully saturated rings. The zero-order valence-electron chi connectivity index (χ0n) is 26.1. The van der Waals surface area contributed by atoms with Crippen molar-refractivity contribution in [3.8, 4) is 5.95 Å². The summed E-state index contributed by atoms with van der Waals surface area (Å²) in [7, 11) is 0. The third kappa shape index (κ3) is 3.28. The first-order valence-corrected chi connectivity index (χ1v) is 17.2. The summed E-state index contributed by atoms with van der Waals surface area (Å²) in [5, 5.41) is 11.5. The van der Waals surface area contributed by atoms with Gasteiger partial charge in [-0.2, -0.15) is 0 Å². The average Bonchev–Trinajstić information content (AvgIpc) is 3.55. The molecule has 0 N–H and O–H groups in total. The molecule has 2 heterocycles. The largest absolute Gasteiger partial charge is 0.278 e.